The quantitative estimate of drug-likeness (QED) is 0.223. The number of nitrogens with zero attached hydrogens (tertiary/aromatic N) is 6. The molecule has 2 N–H and O–H groups in total. The second-order valence-electron chi connectivity index (χ2n) is 3.78. The molecule has 0 amide bonds. The molecule has 2 saturated heterocycles. The summed E-state index contributed by atoms with van der Waals surface area (Å²) in [6.45, 7) is 3.17. The lowest BCUT2D eigenvalue weighted by atomic mass is 10.2. The predicted molar refractivity (Wildman–Crippen MR) is 54.1 cm³/mol. The molecule has 0 spiro atoms. The summed E-state index contributed by atoms with van der Waals surface area (Å²) in [5, 5.41) is 31.7. The Morgan fingerprint density at radius 3 is 1.65 bits per heavy atom. The average molecular weight is 238 g/mol. The van der Waals surface area contributed by atoms with E-state index in [0.717, 1.165) is 26.2 Å². The fraction of sp³-hybridized carbons (Fsp3) is 0.500. The van der Waals surface area contributed by atoms with Crippen molar-refractivity contribution in [3.05, 3.63) is 11.4 Å². The van der Waals surface area contributed by atoms with Crippen LogP contribution >= 0.6 is 0 Å². The van der Waals surface area contributed by atoms with Crippen LogP contribution in [0.4, 0.5) is 0 Å². The van der Waals surface area contributed by atoms with Gasteiger partial charge in [0.25, 0.3) is 0 Å². The van der Waals surface area contributed by atoms with Crippen LogP contribution in [0.15, 0.2) is 14.9 Å². The summed E-state index contributed by atoms with van der Waals surface area (Å²) in [6, 6.07) is 0. The number of rotatable bonds is 2. The van der Waals surface area contributed by atoms with Crippen LogP contribution in [0.25, 0.3) is 0 Å². The van der Waals surface area contributed by atoms with Crippen LogP contribution < -0.4 is 0 Å². The summed E-state index contributed by atoms with van der Waals surface area (Å²) in [5.74, 6) is 0.563. The standard InChI is InChI=1S/C8H10N6O3/c15-9-7(13-1-2-13)5-6(12-17-11-5)8(10-16)14-3-4-14/h15-16H,1-4H2/b9-7-,10-8+. The van der Waals surface area contributed by atoms with Crippen LogP contribution in [0.3, 0.4) is 0 Å². The molecule has 0 saturated carbocycles. The van der Waals surface area contributed by atoms with Gasteiger partial charge in [-0.1, -0.05) is 10.3 Å². The Balaban J connectivity index is 1.97. The van der Waals surface area contributed by atoms with Crippen molar-refractivity contribution in [1.82, 2.24) is 20.1 Å². The van der Waals surface area contributed by atoms with Gasteiger partial charge < -0.3 is 20.2 Å². The Morgan fingerprint density at radius 2 is 1.35 bits per heavy atom. The number of hydrogen-bond donors (Lipinski definition) is 2. The number of oxime groups is 2. The van der Waals surface area contributed by atoms with Gasteiger partial charge in [-0.3, -0.25) is 0 Å². The van der Waals surface area contributed by atoms with E-state index in [0.29, 0.717) is 0 Å². The van der Waals surface area contributed by atoms with E-state index in [4.69, 9.17) is 10.4 Å². The summed E-state index contributed by atoms with van der Waals surface area (Å²) in [6.07, 6.45) is 0. The van der Waals surface area contributed by atoms with Crippen LogP contribution in [-0.4, -0.2) is 68.4 Å². The molecule has 9 heteroatoms. The number of aromatic nitrogens is 2. The van der Waals surface area contributed by atoms with Crippen molar-refractivity contribution in [3.8, 4) is 0 Å². The van der Waals surface area contributed by atoms with Crippen molar-refractivity contribution >= 4 is 11.7 Å². The molecule has 2 aliphatic rings. The minimum absolute atomic E-state index is 0.282. The molecule has 0 aromatic carbocycles. The fourth-order valence-corrected chi connectivity index (χ4v) is 1.53. The zero-order valence-electron chi connectivity index (χ0n) is 8.81. The van der Waals surface area contributed by atoms with Crippen LogP contribution in [0.5, 0.6) is 0 Å². The lowest BCUT2D eigenvalue weighted by molar-refractivity contribution is 0.298. The zero-order chi connectivity index (χ0) is 11.8. The van der Waals surface area contributed by atoms with Gasteiger partial charge in [0.05, 0.1) is 0 Å². The summed E-state index contributed by atoms with van der Waals surface area (Å²) in [7, 11) is 0. The third kappa shape index (κ3) is 1.65. The maximum absolute atomic E-state index is 8.96. The Kier molecular flexibility index (Phi) is 2.10. The molecule has 0 atom stereocenters. The molecule has 2 fully saturated rings. The Hall–Kier alpha value is -2.32. The molecule has 3 heterocycles. The van der Waals surface area contributed by atoms with E-state index in [1.165, 1.54) is 0 Å². The molecule has 0 aliphatic carbocycles. The molecule has 90 valence electrons. The molecule has 0 radical (unpaired) electrons. The smallest absolute Gasteiger partial charge is 0.200 e. The van der Waals surface area contributed by atoms with Crippen LogP contribution in [-0.2, 0) is 0 Å². The molecular weight excluding hydrogens is 228 g/mol. The van der Waals surface area contributed by atoms with Gasteiger partial charge in [0, 0.05) is 26.2 Å². The molecule has 1 aromatic heterocycles. The highest BCUT2D eigenvalue weighted by atomic mass is 16.6. The van der Waals surface area contributed by atoms with E-state index < -0.39 is 0 Å². The fourth-order valence-electron chi connectivity index (χ4n) is 1.53. The van der Waals surface area contributed by atoms with Crippen molar-refractivity contribution in [1.29, 1.82) is 0 Å². The first-order valence-electron chi connectivity index (χ1n) is 5.12. The van der Waals surface area contributed by atoms with Crippen molar-refractivity contribution in [2.24, 2.45) is 10.3 Å². The molecule has 17 heavy (non-hydrogen) atoms. The monoisotopic (exact) mass is 238 g/mol. The van der Waals surface area contributed by atoms with Gasteiger partial charge >= 0.3 is 0 Å². The van der Waals surface area contributed by atoms with Gasteiger partial charge in [-0.25, -0.2) is 4.63 Å². The highest BCUT2D eigenvalue weighted by Crippen LogP contribution is 2.18. The van der Waals surface area contributed by atoms with E-state index in [9.17, 15) is 0 Å². The second-order valence-corrected chi connectivity index (χ2v) is 3.78. The van der Waals surface area contributed by atoms with Crippen LogP contribution in [0.2, 0.25) is 0 Å². The highest BCUT2D eigenvalue weighted by molar-refractivity contribution is 6.09. The first-order chi connectivity index (χ1) is 8.35. The van der Waals surface area contributed by atoms with E-state index in [1.807, 2.05) is 0 Å². The maximum atomic E-state index is 8.96. The molecular formula is C8H10N6O3. The minimum atomic E-state index is 0.282. The van der Waals surface area contributed by atoms with Gasteiger partial charge in [0.15, 0.2) is 23.1 Å². The Morgan fingerprint density at radius 1 is 0.941 bits per heavy atom. The van der Waals surface area contributed by atoms with Gasteiger partial charge in [-0.05, 0) is 10.3 Å². The lowest BCUT2D eigenvalue weighted by Gasteiger charge is -2.04. The molecule has 2 aliphatic heterocycles. The first kappa shape index (κ1) is 9.87. The van der Waals surface area contributed by atoms with E-state index >= 15 is 0 Å². The lowest BCUT2D eigenvalue weighted by Crippen LogP contribution is -2.21. The second kappa shape index (κ2) is 3.61. The molecule has 3 rings (SSSR count). The van der Waals surface area contributed by atoms with E-state index in [2.05, 4.69) is 25.3 Å². The topological polar surface area (TPSA) is 110 Å². The summed E-state index contributed by atoms with van der Waals surface area (Å²) in [5.41, 5.74) is 0.564. The van der Waals surface area contributed by atoms with Crippen LogP contribution in [0.1, 0.15) is 11.4 Å². The summed E-state index contributed by atoms with van der Waals surface area (Å²) < 4.78 is 4.63. The molecule has 0 unspecified atom stereocenters. The minimum Gasteiger partial charge on any atom is -0.409 e. The molecule has 0 bridgehead atoms. The average Bonchev–Trinajstić information content (AvgIpc) is 3.22. The normalized spacial score (nSPS) is 19.8. The largest absolute Gasteiger partial charge is 0.409 e. The Labute approximate surface area is 95.6 Å². The van der Waals surface area contributed by atoms with E-state index in [-0.39, 0.29) is 23.1 Å². The zero-order valence-corrected chi connectivity index (χ0v) is 8.81. The Bertz CT molecular complexity index is 445. The van der Waals surface area contributed by atoms with Crippen molar-refractivity contribution < 1.29 is 15.0 Å². The maximum Gasteiger partial charge on any atom is 0.200 e. The van der Waals surface area contributed by atoms with Gasteiger partial charge in [-0.15, -0.1) is 0 Å². The number of amidine groups is 2. The van der Waals surface area contributed by atoms with Gasteiger partial charge in [0.2, 0.25) is 0 Å². The third-order valence-electron chi connectivity index (χ3n) is 2.60. The van der Waals surface area contributed by atoms with Crippen molar-refractivity contribution in [2.75, 3.05) is 26.2 Å². The van der Waals surface area contributed by atoms with Gasteiger partial charge in [-0.2, -0.15) is 0 Å². The highest BCUT2D eigenvalue weighted by Gasteiger charge is 2.35. The predicted octanol–water partition coefficient (Wildman–Crippen LogP) is -1.03. The molecule has 1 aromatic rings. The SMILES string of the molecule is O/N=C(/c1nonc1/C(=N\O)N1CC1)N1CC1. The van der Waals surface area contributed by atoms with Crippen molar-refractivity contribution in [2.45, 2.75) is 0 Å². The van der Waals surface area contributed by atoms with Crippen LogP contribution in [0, 0.1) is 0 Å². The van der Waals surface area contributed by atoms with Crippen molar-refractivity contribution in [3.63, 3.8) is 0 Å². The van der Waals surface area contributed by atoms with Gasteiger partial charge in [0.1, 0.15) is 0 Å². The summed E-state index contributed by atoms with van der Waals surface area (Å²) in [4.78, 5) is 3.58. The summed E-state index contributed by atoms with van der Waals surface area (Å²) >= 11 is 0. The first-order valence-corrected chi connectivity index (χ1v) is 5.12. The van der Waals surface area contributed by atoms with E-state index in [1.54, 1.807) is 9.80 Å². The molecule has 9 nitrogen and oxygen atoms in total. The third-order valence-corrected chi connectivity index (χ3v) is 2.60. The number of hydrogen-bond acceptors (Lipinski definition) is 7.